The van der Waals surface area contributed by atoms with E-state index in [4.69, 9.17) is 0 Å². The minimum atomic E-state index is 0. The van der Waals surface area contributed by atoms with E-state index in [9.17, 15) is 4.79 Å². The Bertz CT molecular complexity index is 391. The van der Waals surface area contributed by atoms with Crippen LogP contribution in [0, 0.1) is 0 Å². The molecule has 1 fully saturated rings. The van der Waals surface area contributed by atoms with Crippen LogP contribution in [0.3, 0.4) is 0 Å². The molecular weight excluding hydrogens is 328 g/mol. The number of nitrogens with one attached hydrogen (secondary N) is 2. The molecule has 1 amide bonds. The highest BCUT2D eigenvalue weighted by Gasteiger charge is 2.14. The first-order valence-corrected chi connectivity index (χ1v) is 7.42. The lowest BCUT2D eigenvalue weighted by Gasteiger charge is -2.12. The van der Waals surface area contributed by atoms with E-state index in [1.165, 1.54) is 32.5 Å². The lowest BCUT2D eigenvalue weighted by Crippen LogP contribution is -3.10. The summed E-state index contributed by atoms with van der Waals surface area (Å²) in [6.07, 6.45) is 3.79. The fraction of sp³-hybridized carbons (Fsp3) is 0.500. The first-order valence-electron chi connectivity index (χ1n) is 6.63. The number of hydrogen-bond acceptors (Lipinski definition) is 1. The van der Waals surface area contributed by atoms with Crippen LogP contribution < -0.4 is 22.6 Å². The topological polar surface area (TPSA) is 33.5 Å². The first kappa shape index (κ1) is 16.5. The number of likely N-dealkylation sites (tertiary alicyclic amines) is 1. The highest BCUT2D eigenvalue weighted by molar-refractivity contribution is 9.10. The van der Waals surface area contributed by atoms with Crippen LogP contribution in [-0.2, 0) is 0 Å². The molecule has 1 saturated heterocycles. The maximum absolute atomic E-state index is 11.8. The molecule has 1 aromatic rings. The van der Waals surface area contributed by atoms with Crippen molar-refractivity contribution >= 4 is 21.8 Å². The Morgan fingerprint density at radius 2 is 1.84 bits per heavy atom. The normalized spacial score (nSPS) is 15.0. The minimum absolute atomic E-state index is 0. The van der Waals surface area contributed by atoms with E-state index in [1.54, 1.807) is 4.90 Å². The first-order chi connectivity index (χ1) is 8.75. The number of carbonyl (C=O) groups excluding carboxylic acids is 1. The molecule has 19 heavy (non-hydrogen) atoms. The van der Waals surface area contributed by atoms with Gasteiger partial charge in [0.15, 0.2) is 0 Å². The van der Waals surface area contributed by atoms with E-state index in [-0.39, 0.29) is 18.3 Å². The summed E-state index contributed by atoms with van der Waals surface area (Å²) in [7, 11) is 0. The SMILES string of the molecule is O=C(NCCC[NH+]1CCCC1)c1ccc(Br)cc1.[Cl-]. The molecule has 0 radical (unpaired) electrons. The zero-order chi connectivity index (χ0) is 12.8. The fourth-order valence-corrected chi connectivity index (χ4v) is 2.63. The van der Waals surface area contributed by atoms with Crippen molar-refractivity contribution in [2.24, 2.45) is 0 Å². The molecule has 0 aromatic heterocycles. The van der Waals surface area contributed by atoms with Crippen LogP contribution in [0.4, 0.5) is 0 Å². The van der Waals surface area contributed by atoms with Gasteiger partial charge in [-0.3, -0.25) is 4.79 Å². The average molecular weight is 348 g/mol. The zero-order valence-electron chi connectivity index (χ0n) is 10.9. The largest absolute Gasteiger partial charge is 1.00 e. The summed E-state index contributed by atoms with van der Waals surface area (Å²) in [4.78, 5) is 13.5. The third kappa shape index (κ3) is 5.51. The number of hydrogen-bond donors (Lipinski definition) is 2. The predicted octanol–water partition coefficient (Wildman–Crippen LogP) is -1.75. The highest BCUT2D eigenvalue weighted by atomic mass is 79.9. The van der Waals surface area contributed by atoms with E-state index in [0.29, 0.717) is 0 Å². The molecule has 0 bridgehead atoms. The molecule has 0 atom stereocenters. The van der Waals surface area contributed by atoms with Crippen LogP contribution in [0.5, 0.6) is 0 Å². The second kappa shape index (κ2) is 8.56. The van der Waals surface area contributed by atoms with Gasteiger partial charge in [0.25, 0.3) is 5.91 Å². The molecule has 2 rings (SSSR count). The Morgan fingerprint density at radius 1 is 1.21 bits per heavy atom. The second-order valence-corrected chi connectivity index (χ2v) is 5.74. The van der Waals surface area contributed by atoms with Gasteiger partial charge < -0.3 is 22.6 Å². The average Bonchev–Trinajstić information content (AvgIpc) is 2.88. The standard InChI is InChI=1S/C14H19BrN2O.ClH/c15-13-6-4-12(5-7-13)14(18)16-8-3-11-17-9-1-2-10-17;/h4-7H,1-3,8-11H2,(H,16,18);1H. The number of benzene rings is 1. The van der Waals surface area contributed by atoms with Crippen LogP contribution in [0.2, 0.25) is 0 Å². The Kier molecular flexibility index (Phi) is 7.42. The molecule has 106 valence electrons. The fourth-order valence-electron chi connectivity index (χ4n) is 2.37. The van der Waals surface area contributed by atoms with Crippen LogP contribution >= 0.6 is 15.9 Å². The third-order valence-corrected chi connectivity index (χ3v) is 3.94. The van der Waals surface area contributed by atoms with E-state index < -0.39 is 0 Å². The Labute approximate surface area is 129 Å². The predicted molar refractivity (Wildman–Crippen MR) is 75.9 cm³/mol. The smallest absolute Gasteiger partial charge is 0.251 e. The molecule has 0 unspecified atom stereocenters. The number of halogens is 2. The molecule has 1 aromatic carbocycles. The van der Waals surface area contributed by atoms with Crippen molar-refractivity contribution in [3.63, 3.8) is 0 Å². The molecular formula is C14H20BrClN2O. The van der Waals surface area contributed by atoms with Gasteiger partial charge in [-0.15, -0.1) is 0 Å². The van der Waals surface area contributed by atoms with Gasteiger partial charge in [-0.1, -0.05) is 15.9 Å². The van der Waals surface area contributed by atoms with E-state index in [2.05, 4.69) is 21.2 Å². The quantitative estimate of drug-likeness (QED) is 0.609. The van der Waals surface area contributed by atoms with Crippen molar-refractivity contribution in [3.05, 3.63) is 34.3 Å². The molecule has 2 N–H and O–H groups in total. The monoisotopic (exact) mass is 346 g/mol. The van der Waals surface area contributed by atoms with Crippen LogP contribution in [0.1, 0.15) is 29.6 Å². The molecule has 1 heterocycles. The second-order valence-electron chi connectivity index (χ2n) is 4.82. The molecule has 1 aliphatic rings. The summed E-state index contributed by atoms with van der Waals surface area (Å²) in [6, 6.07) is 7.46. The molecule has 3 nitrogen and oxygen atoms in total. The van der Waals surface area contributed by atoms with Gasteiger partial charge in [-0.2, -0.15) is 0 Å². The highest BCUT2D eigenvalue weighted by Crippen LogP contribution is 2.10. The number of rotatable bonds is 5. The van der Waals surface area contributed by atoms with E-state index in [0.717, 1.165) is 23.0 Å². The van der Waals surface area contributed by atoms with Crippen LogP contribution in [-0.4, -0.2) is 32.1 Å². The summed E-state index contributed by atoms with van der Waals surface area (Å²) in [5.74, 6) is 0.0268. The van der Waals surface area contributed by atoms with Gasteiger partial charge in [0, 0.05) is 35.8 Å². The van der Waals surface area contributed by atoms with Crippen molar-refractivity contribution in [2.75, 3.05) is 26.2 Å². The Morgan fingerprint density at radius 3 is 2.47 bits per heavy atom. The number of amides is 1. The molecule has 0 saturated carbocycles. The van der Waals surface area contributed by atoms with Gasteiger partial charge in [-0.05, 0) is 24.3 Å². The van der Waals surface area contributed by atoms with Gasteiger partial charge in [0.05, 0.1) is 19.6 Å². The van der Waals surface area contributed by atoms with Crippen molar-refractivity contribution in [3.8, 4) is 0 Å². The van der Waals surface area contributed by atoms with Crippen LogP contribution in [0.25, 0.3) is 0 Å². The third-order valence-electron chi connectivity index (χ3n) is 3.41. The summed E-state index contributed by atoms with van der Waals surface area (Å²) in [5.41, 5.74) is 0.728. The number of carbonyl (C=O) groups is 1. The Hall–Kier alpha value is -0.580. The van der Waals surface area contributed by atoms with Gasteiger partial charge in [-0.25, -0.2) is 0 Å². The zero-order valence-corrected chi connectivity index (χ0v) is 13.3. The number of quaternary nitrogens is 1. The summed E-state index contributed by atoms with van der Waals surface area (Å²) in [5, 5.41) is 2.97. The maximum atomic E-state index is 11.8. The molecule has 0 spiro atoms. The molecule has 1 aliphatic heterocycles. The van der Waals surface area contributed by atoms with Crippen LogP contribution in [0.15, 0.2) is 28.7 Å². The van der Waals surface area contributed by atoms with E-state index >= 15 is 0 Å². The summed E-state index contributed by atoms with van der Waals surface area (Å²) in [6.45, 7) is 4.57. The lowest BCUT2D eigenvalue weighted by atomic mass is 10.2. The summed E-state index contributed by atoms with van der Waals surface area (Å²) >= 11 is 3.36. The van der Waals surface area contributed by atoms with Gasteiger partial charge >= 0.3 is 0 Å². The lowest BCUT2D eigenvalue weighted by molar-refractivity contribution is -0.887. The van der Waals surface area contributed by atoms with Gasteiger partial charge in [0.2, 0.25) is 0 Å². The van der Waals surface area contributed by atoms with E-state index in [1.807, 2.05) is 24.3 Å². The molecule has 5 heteroatoms. The van der Waals surface area contributed by atoms with Crippen molar-refractivity contribution in [1.29, 1.82) is 0 Å². The Balaban J connectivity index is 0.00000180. The minimum Gasteiger partial charge on any atom is -1.00 e. The van der Waals surface area contributed by atoms with Crippen molar-refractivity contribution in [1.82, 2.24) is 5.32 Å². The molecule has 0 aliphatic carbocycles. The maximum Gasteiger partial charge on any atom is 0.251 e. The van der Waals surface area contributed by atoms with Crippen molar-refractivity contribution < 1.29 is 22.1 Å². The van der Waals surface area contributed by atoms with Crippen molar-refractivity contribution in [2.45, 2.75) is 19.3 Å². The summed E-state index contributed by atoms with van der Waals surface area (Å²) < 4.78 is 0.997. The van der Waals surface area contributed by atoms with Gasteiger partial charge in [0.1, 0.15) is 0 Å².